The fourth-order valence-corrected chi connectivity index (χ4v) is 3.28. The van der Waals surface area contributed by atoms with Crippen molar-refractivity contribution in [2.45, 2.75) is 45.1 Å². The molecule has 3 rings (SSSR count). The van der Waals surface area contributed by atoms with Crippen molar-refractivity contribution in [1.82, 2.24) is 20.3 Å². The van der Waals surface area contributed by atoms with E-state index in [0.29, 0.717) is 11.6 Å². The summed E-state index contributed by atoms with van der Waals surface area (Å²) in [6.45, 7) is 1.96. The second-order valence-electron chi connectivity index (χ2n) is 6.49. The third kappa shape index (κ3) is 3.87. The smallest absolute Gasteiger partial charge is 0.294 e. The van der Waals surface area contributed by atoms with E-state index in [-0.39, 0.29) is 17.6 Å². The van der Waals surface area contributed by atoms with Crippen molar-refractivity contribution in [2.75, 3.05) is 0 Å². The lowest BCUT2D eigenvalue weighted by Crippen LogP contribution is -2.39. The van der Waals surface area contributed by atoms with Gasteiger partial charge in [0.25, 0.3) is 11.5 Å². The minimum absolute atomic E-state index is 0.0356. The van der Waals surface area contributed by atoms with Gasteiger partial charge < -0.3 is 15.4 Å². The number of amides is 1. The molecule has 1 amide bonds. The Bertz CT molecular complexity index is 798. The zero-order valence-corrected chi connectivity index (χ0v) is 14.2. The highest BCUT2D eigenvalue weighted by Crippen LogP contribution is 2.26. The van der Waals surface area contributed by atoms with Crippen LogP contribution in [0.15, 0.2) is 29.2 Å². The number of aromatic nitrogens is 3. The Kier molecular flexibility index (Phi) is 5.11. The molecule has 0 saturated heterocycles. The van der Waals surface area contributed by atoms with Gasteiger partial charge in [0.2, 0.25) is 5.75 Å². The quantitative estimate of drug-likeness (QED) is 0.790. The van der Waals surface area contributed by atoms with E-state index >= 15 is 0 Å². The second-order valence-corrected chi connectivity index (χ2v) is 6.49. The topological polar surface area (TPSA) is 108 Å². The predicted octanol–water partition coefficient (Wildman–Crippen LogP) is 2.24. The molecule has 0 radical (unpaired) electrons. The summed E-state index contributed by atoms with van der Waals surface area (Å²) in [5.74, 6) is -0.650. The van der Waals surface area contributed by atoms with Crippen molar-refractivity contribution >= 4 is 5.91 Å². The number of pyridine rings is 1. The van der Waals surface area contributed by atoms with E-state index < -0.39 is 17.2 Å². The van der Waals surface area contributed by atoms with Crippen LogP contribution in [0, 0.1) is 5.92 Å². The summed E-state index contributed by atoms with van der Waals surface area (Å²) in [4.78, 5) is 35.2. The van der Waals surface area contributed by atoms with Crippen molar-refractivity contribution in [2.24, 2.45) is 5.92 Å². The molecule has 1 aliphatic carbocycles. The molecule has 0 aromatic carbocycles. The average molecular weight is 342 g/mol. The van der Waals surface area contributed by atoms with Gasteiger partial charge >= 0.3 is 0 Å². The largest absolute Gasteiger partial charge is 0.501 e. The maximum absolute atomic E-state index is 12.5. The summed E-state index contributed by atoms with van der Waals surface area (Å²) in [6.07, 6.45) is 7.30. The highest BCUT2D eigenvalue weighted by Gasteiger charge is 2.25. The molecule has 2 aromatic heterocycles. The Labute approximate surface area is 145 Å². The average Bonchev–Trinajstić information content (AvgIpc) is 2.65. The van der Waals surface area contributed by atoms with Crippen LogP contribution in [0.25, 0.3) is 11.5 Å². The van der Waals surface area contributed by atoms with Gasteiger partial charge in [-0.25, -0.2) is 4.98 Å². The second kappa shape index (κ2) is 7.46. The predicted molar refractivity (Wildman–Crippen MR) is 93.3 cm³/mol. The zero-order chi connectivity index (χ0) is 17.8. The van der Waals surface area contributed by atoms with Crippen LogP contribution in [0.3, 0.4) is 0 Å². The molecule has 1 fully saturated rings. The lowest BCUT2D eigenvalue weighted by Gasteiger charge is -2.28. The molecule has 1 aliphatic rings. The monoisotopic (exact) mass is 342 g/mol. The summed E-state index contributed by atoms with van der Waals surface area (Å²) in [5.41, 5.74) is -0.604. The Morgan fingerprint density at radius 3 is 2.76 bits per heavy atom. The molecule has 1 saturated carbocycles. The number of carbonyl (C=O) groups excluding carboxylic acids is 1. The van der Waals surface area contributed by atoms with Gasteiger partial charge in [0.1, 0.15) is 5.69 Å². The molecule has 2 aromatic rings. The number of hydrogen-bond acceptors (Lipinski definition) is 5. The molecule has 0 unspecified atom stereocenters. The Balaban J connectivity index is 1.84. The number of nitrogens with zero attached hydrogens (tertiary/aromatic N) is 2. The maximum Gasteiger partial charge on any atom is 0.294 e. The van der Waals surface area contributed by atoms with Gasteiger partial charge in [0.05, 0.1) is 0 Å². The number of aromatic amines is 1. The van der Waals surface area contributed by atoms with Crippen molar-refractivity contribution in [3.8, 4) is 17.3 Å². The number of nitrogens with one attached hydrogen (secondary N) is 2. The third-order valence-corrected chi connectivity index (χ3v) is 4.73. The number of carbonyl (C=O) groups is 1. The molecule has 7 heteroatoms. The lowest BCUT2D eigenvalue weighted by atomic mass is 9.84. The van der Waals surface area contributed by atoms with Gasteiger partial charge in [-0.15, -0.1) is 0 Å². The number of H-pyrrole nitrogens is 1. The van der Waals surface area contributed by atoms with Crippen molar-refractivity contribution in [3.63, 3.8) is 0 Å². The van der Waals surface area contributed by atoms with E-state index in [1.807, 2.05) is 6.92 Å². The lowest BCUT2D eigenvalue weighted by molar-refractivity contribution is 0.0911. The molecule has 132 valence electrons. The molecule has 0 spiro atoms. The first-order chi connectivity index (χ1) is 12.1. The molecule has 2 heterocycles. The fraction of sp³-hybridized carbons (Fsp3) is 0.444. The molecule has 7 nitrogen and oxygen atoms in total. The van der Waals surface area contributed by atoms with Crippen LogP contribution in [0.1, 0.15) is 49.5 Å². The van der Waals surface area contributed by atoms with Crippen LogP contribution >= 0.6 is 0 Å². The number of aromatic hydroxyl groups is 1. The summed E-state index contributed by atoms with van der Waals surface area (Å²) in [6, 6.07) is 5.12. The fourth-order valence-electron chi connectivity index (χ4n) is 3.28. The van der Waals surface area contributed by atoms with E-state index in [2.05, 4.69) is 20.3 Å². The van der Waals surface area contributed by atoms with Crippen LogP contribution < -0.4 is 10.9 Å². The molecular formula is C18H22N4O3. The first kappa shape index (κ1) is 17.1. The molecule has 0 aliphatic heterocycles. The van der Waals surface area contributed by atoms with Crippen LogP contribution in [0.2, 0.25) is 0 Å². The van der Waals surface area contributed by atoms with Crippen LogP contribution in [-0.4, -0.2) is 32.0 Å². The van der Waals surface area contributed by atoms with Crippen LogP contribution in [0.5, 0.6) is 5.75 Å². The van der Waals surface area contributed by atoms with Gasteiger partial charge in [-0.05, 0) is 37.8 Å². The Morgan fingerprint density at radius 1 is 1.32 bits per heavy atom. The molecular weight excluding hydrogens is 320 g/mol. The SMILES string of the molecule is C[C@@H](NC(=O)c1nc(-c2ccccn2)[nH]c(=O)c1O)C1CCCCC1. The minimum Gasteiger partial charge on any atom is -0.501 e. The molecule has 25 heavy (non-hydrogen) atoms. The van der Waals surface area contributed by atoms with E-state index in [1.165, 1.54) is 19.3 Å². The Hall–Kier alpha value is -2.70. The standard InChI is InChI=1S/C18H22N4O3/c1-11(12-7-3-2-4-8-12)20-17(24)14-15(23)18(25)22-16(21-14)13-9-5-6-10-19-13/h5-6,9-12,23H,2-4,7-8H2,1H3,(H,20,24)(H,21,22,25)/t11-/m1/s1. The Morgan fingerprint density at radius 2 is 2.08 bits per heavy atom. The number of hydrogen-bond donors (Lipinski definition) is 3. The number of rotatable bonds is 4. The summed E-state index contributed by atoms with van der Waals surface area (Å²) >= 11 is 0. The summed E-state index contributed by atoms with van der Waals surface area (Å²) < 4.78 is 0. The van der Waals surface area contributed by atoms with E-state index in [4.69, 9.17) is 0 Å². The van der Waals surface area contributed by atoms with E-state index in [9.17, 15) is 14.7 Å². The van der Waals surface area contributed by atoms with E-state index in [0.717, 1.165) is 12.8 Å². The van der Waals surface area contributed by atoms with Gasteiger partial charge in [0, 0.05) is 12.2 Å². The minimum atomic E-state index is -0.758. The molecule has 3 N–H and O–H groups in total. The highest BCUT2D eigenvalue weighted by molar-refractivity contribution is 5.95. The zero-order valence-electron chi connectivity index (χ0n) is 14.2. The van der Waals surface area contributed by atoms with Crippen LogP contribution in [0.4, 0.5) is 0 Å². The van der Waals surface area contributed by atoms with Gasteiger partial charge in [-0.1, -0.05) is 25.3 Å². The van der Waals surface area contributed by atoms with Crippen LogP contribution in [-0.2, 0) is 0 Å². The van der Waals surface area contributed by atoms with Crippen molar-refractivity contribution < 1.29 is 9.90 Å². The first-order valence-electron chi connectivity index (χ1n) is 8.62. The normalized spacial score (nSPS) is 16.4. The molecule has 1 atom stereocenters. The highest BCUT2D eigenvalue weighted by atomic mass is 16.3. The summed E-state index contributed by atoms with van der Waals surface area (Å²) in [5, 5.41) is 12.9. The molecule has 0 bridgehead atoms. The van der Waals surface area contributed by atoms with E-state index in [1.54, 1.807) is 24.4 Å². The third-order valence-electron chi connectivity index (χ3n) is 4.73. The van der Waals surface area contributed by atoms with Gasteiger partial charge in [-0.2, -0.15) is 0 Å². The van der Waals surface area contributed by atoms with Gasteiger partial charge in [0.15, 0.2) is 11.5 Å². The summed E-state index contributed by atoms with van der Waals surface area (Å²) in [7, 11) is 0. The van der Waals surface area contributed by atoms with Crippen molar-refractivity contribution in [3.05, 3.63) is 40.4 Å². The van der Waals surface area contributed by atoms with Crippen molar-refractivity contribution in [1.29, 1.82) is 0 Å². The van der Waals surface area contributed by atoms with Gasteiger partial charge in [-0.3, -0.25) is 14.6 Å². The first-order valence-corrected chi connectivity index (χ1v) is 8.62. The maximum atomic E-state index is 12.5.